The first kappa shape index (κ1) is 12.6. The van der Waals surface area contributed by atoms with Crippen molar-refractivity contribution in [3.63, 3.8) is 0 Å². The van der Waals surface area contributed by atoms with Crippen LogP contribution in [0.4, 0.5) is 0 Å². The fourth-order valence-electron chi connectivity index (χ4n) is 0.963. The zero-order valence-corrected chi connectivity index (χ0v) is 9.17. The van der Waals surface area contributed by atoms with Crippen molar-refractivity contribution in [2.75, 3.05) is 6.61 Å². The van der Waals surface area contributed by atoms with Crippen LogP contribution in [0.1, 0.15) is 6.92 Å². The van der Waals surface area contributed by atoms with Crippen molar-refractivity contribution in [2.45, 2.75) is 17.9 Å². The molecule has 0 unspecified atom stereocenters. The van der Waals surface area contributed by atoms with Gasteiger partial charge in [0.2, 0.25) is 10.0 Å². The first-order valence-corrected chi connectivity index (χ1v) is 5.80. The molecule has 0 fully saturated rings. The first-order chi connectivity index (χ1) is 7.36. The summed E-state index contributed by atoms with van der Waals surface area (Å²) in [6.45, 7) is 1.03. The van der Waals surface area contributed by atoms with E-state index in [0.717, 1.165) is 6.20 Å². The van der Waals surface area contributed by atoms with Crippen LogP contribution in [0.2, 0.25) is 0 Å². The molecule has 0 aliphatic carbocycles. The van der Waals surface area contributed by atoms with Crippen LogP contribution in [0.25, 0.3) is 0 Å². The second kappa shape index (κ2) is 4.60. The summed E-state index contributed by atoms with van der Waals surface area (Å²) < 4.78 is 25.2. The van der Waals surface area contributed by atoms with E-state index in [1.54, 1.807) is 4.98 Å². The van der Waals surface area contributed by atoms with Crippen molar-refractivity contribution in [3.05, 3.63) is 27.0 Å². The van der Waals surface area contributed by atoms with Crippen molar-refractivity contribution < 1.29 is 13.5 Å². The van der Waals surface area contributed by atoms with Gasteiger partial charge in [-0.3, -0.25) is 9.78 Å². The van der Waals surface area contributed by atoms with Crippen molar-refractivity contribution in [1.82, 2.24) is 14.7 Å². The summed E-state index contributed by atoms with van der Waals surface area (Å²) in [6.07, 6.45) is 0.799. The lowest BCUT2D eigenvalue weighted by Crippen LogP contribution is -2.39. The van der Waals surface area contributed by atoms with E-state index in [1.807, 2.05) is 4.98 Å². The van der Waals surface area contributed by atoms with E-state index >= 15 is 0 Å². The number of aromatic amines is 2. The highest BCUT2D eigenvalue weighted by atomic mass is 32.2. The zero-order chi connectivity index (χ0) is 12.3. The van der Waals surface area contributed by atoms with Gasteiger partial charge in [0.15, 0.2) is 4.90 Å². The second-order valence-corrected chi connectivity index (χ2v) is 4.82. The van der Waals surface area contributed by atoms with Gasteiger partial charge in [0, 0.05) is 12.2 Å². The number of aliphatic hydroxyl groups excluding tert-OH is 1. The number of hydrogen-bond acceptors (Lipinski definition) is 5. The van der Waals surface area contributed by atoms with Crippen LogP contribution in [0.15, 0.2) is 20.7 Å². The molecule has 9 heteroatoms. The molecule has 0 aliphatic rings. The Hall–Kier alpha value is -1.45. The molecule has 16 heavy (non-hydrogen) atoms. The Morgan fingerprint density at radius 2 is 2.12 bits per heavy atom. The van der Waals surface area contributed by atoms with Gasteiger partial charge < -0.3 is 10.1 Å². The highest BCUT2D eigenvalue weighted by Gasteiger charge is 2.20. The third-order valence-corrected chi connectivity index (χ3v) is 3.30. The largest absolute Gasteiger partial charge is 0.395 e. The molecule has 4 N–H and O–H groups in total. The monoisotopic (exact) mass is 249 g/mol. The Kier molecular flexibility index (Phi) is 3.62. The molecule has 0 saturated carbocycles. The summed E-state index contributed by atoms with van der Waals surface area (Å²) >= 11 is 0. The van der Waals surface area contributed by atoms with E-state index in [-0.39, 0.29) is 0 Å². The number of aromatic nitrogens is 2. The minimum atomic E-state index is -4.04. The van der Waals surface area contributed by atoms with Gasteiger partial charge >= 0.3 is 5.69 Å². The fourth-order valence-corrected chi connectivity index (χ4v) is 2.20. The van der Waals surface area contributed by atoms with E-state index in [4.69, 9.17) is 5.11 Å². The minimum absolute atomic E-state index is 0.402. The Morgan fingerprint density at radius 1 is 1.50 bits per heavy atom. The van der Waals surface area contributed by atoms with Crippen LogP contribution >= 0.6 is 0 Å². The quantitative estimate of drug-likeness (QED) is 0.477. The molecule has 0 saturated heterocycles. The normalized spacial score (nSPS) is 13.6. The third-order valence-electron chi connectivity index (χ3n) is 1.70. The molecule has 0 aromatic carbocycles. The van der Waals surface area contributed by atoms with E-state index in [0.29, 0.717) is 0 Å². The summed E-state index contributed by atoms with van der Waals surface area (Å²) in [5, 5.41) is 8.69. The van der Waals surface area contributed by atoms with E-state index in [2.05, 4.69) is 4.72 Å². The maximum atomic E-state index is 11.6. The summed E-state index contributed by atoms with van der Waals surface area (Å²) in [7, 11) is -4.04. The second-order valence-electron chi connectivity index (χ2n) is 3.14. The smallest absolute Gasteiger partial charge is 0.325 e. The molecule has 1 atom stereocenters. The van der Waals surface area contributed by atoms with Crippen molar-refractivity contribution in [2.24, 2.45) is 0 Å². The molecule has 0 amide bonds. The Bertz CT molecular complexity index is 572. The van der Waals surface area contributed by atoms with Crippen LogP contribution in [0, 0.1) is 0 Å². The van der Waals surface area contributed by atoms with Crippen molar-refractivity contribution >= 4 is 10.0 Å². The van der Waals surface area contributed by atoms with Gasteiger partial charge in [0.1, 0.15) is 0 Å². The maximum absolute atomic E-state index is 11.6. The van der Waals surface area contributed by atoms with Crippen LogP contribution in [0.3, 0.4) is 0 Å². The van der Waals surface area contributed by atoms with Crippen molar-refractivity contribution in [1.29, 1.82) is 0 Å². The molecule has 90 valence electrons. The molecule has 1 heterocycles. The molecule has 0 aliphatic heterocycles. The minimum Gasteiger partial charge on any atom is -0.395 e. The molecule has 8 nitrogen and oxygen atoms in total. The van der Waals surface area contributed by atoms with Gasteiger partial charge in [-0.25, -0.2) is 17.9 Å². The molecule has 0 spiro atoms. The summed E-state index contributed by atoms with van der Waals surface area (Å²) in [5.41, 5.74) is -1.81. The molecular weight excluding hydrogens is 238 g/mol. The van der Waals surface area contributed by atoms with Crippen LogP contribution in [0.5, 0.6) is 0 Å². The highest BCUT2D eigenvalue weighted by Crippen LogP contribution is 1.99. The highest BCUT2D eigenvalue weighted by molar-refractivity contribution is 7.89. The van der Waals surface area contributed by atoms with Gasteiger partial charge in [-0.15, -0.1) is 0 Å². The Balaban J connectivity index is 3.18. The number of H-pyrrole nitrogens is 2. The van der Waals surface area contributed by atoms with Crippen LogP contribution in [-0.4, -0.2) is 36.1 Å². The molecular formula is C7H11N3O5S. The lowest BCUT2D eigenvalue weighted by atomic mass is 10.4. The Morgan fingerprint density at radius 3 is 2.62 bits per heavy atom. The molecule has 0 bridgehead atoms. The lowest BCUT2D eigenvalue weighted by molar-refractivity contribution is 0.265. The van der Waals surface area contributed by atoms with Gasteiger partial charge in [-0.05, 0) is 6.92 Å². The summed E-state index contributed by atoms with van der Waals surface area (Å²) in [6, 6.07) is -0.726. The fraction of sp³-hybridized carbons (Fsp3) is 0.429. The molecule has 0 radical (unpaired) electrons. The molecule has 1 aromatic heterocycles. The van der Waals surface area contributed by atoms with E-state index < -0.39 is 38.8 Å². The van der Waals surface area contributed by atoms with Gasteiger partial charge in [0.25, 0.3) is 5.56 Å². The van der Waals surface area contributed by atoms with Crippen molar-refractivity contribution in [3.8, 4) is 0 Å². The van der Waals surface area contributed by atoms with Crippen LogP contribution in [-0.2, 0) is 10.0 Å². The van der Waals surface area contributed by atoms with Gasteiger partial charge in [-0.1, -0.05) is 0 Å². The SMILES string of the molecule is C[C@@H](CO)NS(=O)(=O)c1c[nH]c(=O)[nH]c1=O. The number of hydrogen-bond donors (Lipinski definition) is 4. The number of aliphatic hydroxyl groups is 1. The number of nitrogens with one attached hydrogen (secondary N) is 3. The predicted molar refractivity (Wildman–Crippen MR) is 54.6 cm³/mol. The number of sulfonamides is 1. The topological polar surface area (TPSA) is 132 Å². The average molecular weight is 249 g/mol. The molecule has 1 rings (SSSR count). The van der Waals surface area contributed by atoms with Crippen LogP contribution < -0.4 is 16.0 Å². The van der Waals surface area contributed by atoms with Gasteiger partial charge in [-0.2, -0.15) is 0 Å². The molecule has 1 aromatic rings. The zero-order valence-electron chi connectivity index (χ0n) is 8.35. The van der Waals surface area contributed by atoms with E-state index in [1.165, 1.54) is 6.92 Å². The average Bonchev–Trinajstić information content (AvgIpc) is 2.16. The predicted octanol–water partition coefficient (Wildman–Crippen LogP) is -2.28. The standard InChI is InChI=1S/C7H11N3O5S/c1-4(3-11)10-16(14,15)5-2-8-7(13)9-6(5)12/h2,4,10-11H,3H2,1H3,(H2,8,9,12,13)/t4-/m0/s1. The third kappa shape index (κ3) is 2.78. The number of rotatable bonds is 4. The Labute approximate surface area is 90.4 Å². The van der Waals surface area contributed by atoms with Gasteiger partial charge in [0.05, 0.1) is 6.61 Å². The summed E-state index contributed by atoms with van der Waals surface area (Å²) in [5.74, 6) is 0. The maximum Gasteiger partial charge on any atom is 0.325 e. The summed E-state index contributed by atoms with van der Waals surface area (Å²) in [4.78, 5) is 25.1. The first-order valence-electron chi connectivity index (χ1n) is 4.32. The van der Waals surface area contributed by atoms with E-state index in [9.17, 15) is 18.0 Å². The lowest BCUT2D eigenvalue weighted by Gasteiger charge is -2.10.